The van der Waals surface area contributed by atoms with Crippen molar-refractivity contribution in [2.45, 2.75) is 0 Å². The van der Waals surface area contributed by atoms with Crippen LogP contribution in [-0.2, 0) is 0 Å². The van der Waals surface area contributed by atoms with Crippen LogP contribution in [-0.4, -0.2) is 35.5 Å². The summed E-state index contributed by atoms with van der Waals surface area (Å²) >= 11 is 2.11. The van der Waals surface area contributed by atoms with Crippen LogP contribution in [0.15, 0.2) is 6.33 Å². The maximum absolute atomic E-state index is 3.58. The Morgan fingerprint density at radius 2 is 2.50 bits per heavy atom. The monoisotopic (exact) mass is 150 g/mol. The Morgan fingerprint density at radius 3 is 2.67 bits per heavy atom. The van der Waals surface area contributed by atoms with Gasteiger partial charge < -0.3 is 0 Å². The first-order valence-corrected chi connectivity index (χ1v) is 2.16. The van der Waals surface area contributed by atoms with Gasteiger partial charge in [0.2, 0.25) is 0 Å². The Bertz CT molecular complexity index is 111. The molecule has 1 aromatic heterocycles. The molecule has 32 valence electrons. The van der Waals surface area contributed by atoms with Gasteiger partial charge in [-0.2, -0.15) is 0 Å². The van der Waals surface area contributed by atoms with Gasteiger partial charge in [-0.15, -0.1) is 0 Å². The summed E-state index contributed by atoms with van der Waals surface area (Å²) in [7, 11) is 0. The van der Waals surface area contributed by atoms with E-state index < -0.39 is 0 Å². The van der Waals surface area contributed by atoms with E-state index in [-0.39, 0.29) is 0 Å². The fourth-order valence-corrected chi connectivity index (χ4v) is 0.355. The summed E-state index contributed by atoms with van der Waals surface area (Å²) in [5, 5.41) is 10.4. The molecule has 0 saturated carbocycles. The van der Waals surface area contributed by atoms with E-state index in [1.807, 2.05) is 0 Å². The molecule has 1 rings (SSSR count). The standard InChI is InChI=1S/CH2N4Se/c6-5-3-1-2-4-5/h1,6H. The second kappa shape index (κ2) is 1.36. The number of tetrazole rings is 1. The van der Waals surface area contributed by atoms with Gasteiger partial charge in [0, 0.05) is 0 Å². The third-order valence-electron chi connectivity index (χ3n) is 0.338. The van der Waals surface area contributed by atoms with Gasteiger partial charge in [-0.3, -0.25) is 0 Å². The van der Waals surface area contributed by atoms with Crippen LogP contribution in [0.4, 0.5) is 0 Å². The predicted molar refractivity (Wildman–Crippen MR) is 20.4 cm³/mol. The number of hydrogen-bond donors (Lipinski definition) is 0. The van der Waals surface area contributed by atoms with E-state index in [9.17, 15) is 0 Å². The van der Waals surface area contributed by atoms with Crippen LogP contribution in [0.25, 0.3) is 0 Å². The molecule has 0 aromatic carbocycles. The van der Waals surface area contributed by atoms with Crippen molar-refractivity contribution in [2.75, 3.05) is 0 Å². The van der Waals surface area contributed by atoms with Gasteiger partial charge in [0.25, 0.3) is 0 Å². The van der Waals surface area contributed by atoms with E-state index in [0.717, 1.165) is 0 Å². The Kier molecular flexibility index (Phi) is 0.855. The summed E-state index contributed by atoms with van der Waals surface area (Å²) in [5.41, 5.74) is 0. The molecule has 1 heterocycles. The van der Waals surface area contributed by atoms with E-state index in [1.165, 1.54) is 10.1 Å². The van der Waals surface area contributed by atoms with Crippen molar-refractivity contribution in [3.05, 3.63) is 6.33 Å². The van der Waals surface area contributed by atoms with Crippen LogP contribution in [0.2, 0.25) is 0 Å². The van der Waals surface area contributed by atoms with Crippen LogP contribution in [0.3, 0.4) is 0 Å². The van der Waals surface area contributed by atoms with Crippen molar-refractivity contribution < 1.29 is 0 Å². The van der Waals surface area contributed by atoms with Gasteiger partial charge in [0.1, 0.15) is 0 Å². The van der Waals surface area contributed by atoms with Crippen molar-refractivity contribution in [3.8, 4) is 0 Å². The molecule has 6 heavy (non-hydrogen) atoms. The molecule has 0 aliphatic carbocycles. The molecule has 0 unspecified atom stereocenters. The summed E-state index contributed by atoms with van der Waals surface area (Å²) in [5.74, 6) is 0. The molecule has 0 saturated heterocycles. The van der Waals surface area contributed by atoms with Gasteiger partial charge in [-0.1, -0.05) is 0 Å². The number of aromatic nitrogens is 4. The Morgan fingerprint density at radius 1 is 1.67 bits per heavy atom. The molecular formula is CH2N4Se. The Labute approximate surface area is 42.6 Å². The molecule has 0 spiro atoms. The van der Waals surface area contributed by atoms with E-state index in [4.69, 9.17) is 0 Å². The van der Waals surface area contributed by atoms with Gasteiger partial charge in [-0.25, -0.2) is 0 Å². The molecule has 0 radical (unpaired) electrons. The minimum absolute atomic E-state index is 1.33. The zero-order valence-electron chi connectivity index (χ0n) is 2.81. The molecule has 4 nitrogen and oxygen atoms in total. The third kappa shape index (κ3) is 0.554. The topological polar surface area (TPSA) is 43.6 Å². The molecule has 0 aliphatic rings. The number of rotatable bonds is 0. The Hall–Kier alpha value is -0.411. The van der Waals surface area contributed by atoms with Gasteiger partial charge in [0.05, 0.1) is 0 Å². The zero-order chi connectivity index (χ0) is 4.41. The van der Waals surface area contributed by atoms with Crippen LogP contribution >= 0.6 is 0 Å². The molecule has 1 aromatic rings. The van der Waals surface area contributed by atoms with Crippen LogP contribution in [0.5, 0.6) is 0 Å². The number of nitrogens with zero attached hydrogens (tertiary/aromatic N) is 4. The molecule has 0 fully saturated rings. The molecule has 0 amide bonds. The van der Waals surface area contributed by atoms with Crippen molar-refractivity contribution >= 4 is 16.2 Å². The first kappa shape index (κ1) is 3.77. The molecular weight excluding hydrogens is 147 g/mol. The van der Waals surface area contributed by atoms with Gasteiger partial charge in [-0.05, 0) is 0 Å². The van der Waals surface area contributed by atoms with Crippen LogP contribution in [0, 0.1) is 0 Å². The maximum atomic E-state index is 3.58. The summed E-state index contributed by atoms with van der Waals surface area (Å²) in [6, 6.07) is 0. The normalized spacial score (nSPS) is 8.83. The first-order valence-electron chi connectivity index (χ1n) is 1.32. The summed E-state index contributed by atoms with van der Waals surface area (Å²) in [4.78, 5) is 0. The summed E-state index contributed by atoms with van der Waals surface area (Å²) in [6.45, 7) is 0. The summed E-state index contributed by atoms with van der Waals surface area (Å²) in [6.07, 6.45) is 1.37. The minimum atomic E-state index is 1.33. The van der Waals surface area contributed by atoms with E-state index in [1.54, 1.807) is 0 Å². The quantitative estimate of drug-likeness (QED) is 0.414. The van der Waals surface area contributed by atoms with Crippen molar-refractivity contribution in [1.29, 1.82) is 0 Å². The van der Waals surface area contributed by atoms with E-state index in [0.29, 0.717) is 0 Å². The molecule has 0 aliphatic heterocycles. The molecule has 5 heteroatoms. The fraction of sp³-hybridized carbons (Fsp3) is 0. The van der Waals surface area contributed by atoms with Gasteiger partial charge >= 0.3 is 41.8 Å². The zero-order valence-corrected chi connectivity index (χ0v) is 4.69. The van der Waals surface area contributed by atoms with E-state index in [2.05, 4.69) is 31.6 Å². The van der Waals surface area contributed by atoms with Crippen molar-refractivity contribution in [3.63, 3.8) is 0 Å². The Balaban J connectivity index is 3.05. The predicted octanol–water partition coefficient (Wildman–Crippen LogP) is -1.66. The number of hydrogen-bond acceptors (Lipinski definition) is 3. The molecule has 0 atom stereocenters. The first-order chi connectivity index (χ1) is 2.89. The van der Waals surface area contributed by atoms with Crippen LogP contribution in [0.1, 0.15) is 0 Å². The fourth-order valence-electron chi connectivity index (χ4n) is 0.162. The molecule has 0 bridgehead atoms. The second-order valence-electron chi connectivity index (χ2n) is 0.704. The van der Waals surface area contributed by atoms with Gasteiger partial charge in [0.15, 0.2) is 0 Å². The SMILES string of the molecule is [SeH]n1ncnn1. The van der Waals surface area contributed by atoms with Crippen molar-refractivity contribution in [1.82, 2.24) is 19.2 Å². The molecule has 0 N–H and O–H groups in total. The second-order valence-corrected chi connectivity index (χ2v) is 1.45. The average molecular weight is 149 g/mol. The van der Waals surface area contributed by atoms with Crippen LogP contribution < -0.4 is 0 Å². The summed E-state index contributed by atoms with van der Waals surface area (Å²) < 4.78 is 1.33. The average Bonchev–Trinajstić information content (AvgIpc) is 1.86. The third-order valence-corrected chi connectivity index (χ3v) is 0.723. The van der Waals surface area contributed by atoms with E-state index >= 15 is 0 Å². The van der Waals surface area contributed by atoms with Crippen molar-refractivity contribution in [2.24, 2.45) is 0 Å².